The highest BCUT2D eigenvalue weighted by Gasteiger charge is 2.16. The summed E-state index contributed by atoms with van der Waals surface area (Å²) in [7, 11) is 1.51. The number of aryl methyl sites for hydroxylation is 1. The van der Waals surface area contributed by atoms with E-state index in [4.69, 9.17) is 10.5 Å². The predicted molar refractivity (Wildman–Crippen MR) is 99.5 cm³/mol. The summed E-state index contributed by atoms with van der Waals surface area (Å²) in [6.45, 7) is 2.12. The van der Waals surface area contributed by atoms with Crippen LogP contribution in [0.25, 0.3) is 0 Å². The van der Waals surface area contributed by atoms with Gasteiger partial charge in [-0.15, -0.1) is 23.7 Å². The van der Waals surface area contributed by atoms with Crippen molar-refractivity contribution in [1.29, 1.82) is 0 Å². The molecule has 5 nitrogen and oxygen atoms in total. The highest BCUT2D eigenvalue weighted by Crippen LogP contribution is 2.26. The molecule has 0 bridgehead atoms. The third kappa shape index (κ3) is 5.86. The van der Waals surface area contributed by atoms with E-state index in [1.54, 1.807) is 0 Å². The lowest BCUT2D eigenvalue weighted by Gasteiger charge is -2.08. The Hall–Kier alpha value is -0.990. The van der Waals surface area contributed by atoms with Crippen LogP contribution in [-0.2, 0) is 16.0 Å². The molecule has 3 N–H and O–H groups in total. The highest BCUT2D eigenvalue weighted by atomic mass is 79.9. The number of nitrogens with one attached hydrogen (secondary N) is 1. The number of carbonyl (C=O) groups excluding carboxylic acids is 1. The molecule has 0 spiro atoms. The molecule has 1 aromatic heterocycles. The van der Waals surface area contributed by atoms with E-state index in [2.05, 4.69) is 38.4 Å². The number of aromatic nitrogens is 1. The van der Waals surface area contributed by atoms with E-state index in [0.717, 1.165) is 21.5 Å². The average Bonchev–Trinajstić information content (AvgIpc) is 2.79. The first-order valence-electron chi connectivity index (χ1n) is 6.75. The third-order valence-electron chi connectivity index (χ3n) is 3.06. The van der Waals surface area contributed by atoms with E-state index in [0.29, 0.717) is 5.13 Å². The molecule has 1 aromatic carbocycles. The first-order valence-corrected chi connectivity index (χ1v) is 8.36. The Morgan fingerprint density at radius 3 is 2.91 bits per heavy atom. The number of nitrogens with two attached hydrogens (primary N) is 1. The molecule has 0 saturated carbocycles. The van der Waals surface area contributed by atoms with Crippen molar-refractivity contribution < 1.29 is 9.53 Å². The molecule has 2 rings (SSSR count). The lowest BCUT2D eigenvalue weighted by molar-refractivity contribution is -0.118. The lowest BCUT2D eigenvalue weighted by Crippen LogP contribution is -2.39. The largest absolute Gasteiger partial charge is 0.383 e. The van der Waals surface area contributed by atoms with E-state index in [-0.39, 0.29) is 24.9 Å². The topological polar surface area (TPSA) is 77.2 Å². The summed E-state index contributed by atoms with van der Waals surface area (Å²) in [5.41, 5.74) is 7.80. The van der Waals surface area contributed by atoms with Gasteiger partial charge in [0.25, 0.3) is 0 Å². The molecule has 0 aliphatic heterocycles. The Bertz CT molecular complexity index is 666. The number of methoxy groups -OCH3 is 1. The number of thiazole rings is 1. The van der Waals surface area contributed by atoms with Crippen molar-refractivity contribution in [3.8, 4) is 0 Å². The summed E-state index contributed by atoms with van der Waals surface area (Å²) >= 11 is 4.94. The molecular weight excluding hydrogens is 402 g/mol. The molecule has 0 radical (unpaired) electrons. The first-order chi connectivity index (χ1) is 10.5. The molecule has 23 heavy (non-hydrogen) atoms. The summed E-state index contributed by atoms with van der Waals surface area (Å²) in [5.74, 6) is -0.287. The van der Waals surface area contributed by atoms with E-state index < -0.39 is 6.04 Å². The van der Waals surface area contributed by atoms with Crippen LogP contribution >= 0.6 is 39.7 Å². The van der Waals surface area contributed by atoms with Gasteiger partial charge in [0.05, 0.1) is 12.3 Å². The van der Waals surface area contributed by atoms with Crippen LogP contribution < -0.4 is 11.1 Å². The Morgan fingerprint density at radius 2 is 2.26 bits per heavy atom. The standard InChI is InChI=1S/C15H18BrN3O2S.ClH/c1-9-13(7-10-4-3-5-11(16)6-10)22-15(18-9)19-14(20)12(17)8-21-2;/h3-6,12H,7-8,17H2,1-2H3,(H,18,19,20);1H. The van der Waals surface area contributed by atoms with Gasteiger partial charge in [0.15, 0.2) is 5.13 Å². The van der Waals surface area contributed by atoms with Crippen molar-refractivity contribution in [2.24, 2.45) is 5.73 Å². The van der Waals surface area contributed by atoms with Gasteiger partial charge in [0.1, 0.15) is 6.04 Å². The maximum Gasteiger partial charge on any atom is 0.245 e. The number of nitrogens with zero attached hydrogens (tertiary/aromatic N) is 1. The molecule has 0 saturated heterocycles. The molecule has 1 heterocycles. The van der Waals surface area contributed by atoms with Crippen LogP contribution in [0.1, 0.15) is 16.1 Å². The number of halogens is 2. The minimum Gasteiger partial charge on any atom is -0.383 e. The van der Waals surface area contributed by atoms with Gasteiger partial charge in [-0.25, -0.2) is 4.98 Å². The van der Waals surface area contributed by atoms with Crippen molar-refractivity contribution in [2.75, 3.05) is 19.0 Å². The van der Waals surface area contributed by atoms with Crippen molar-refractivity contribution in [2.45, 2.75) is 19.4 Å². The Balaban J connectivity index is 0.00000264. The summed E-state index contributed by atoms with van der Waals surface area (Å²) in [6, 6.07) is 7.44. The zero-order chi connectivity index (χ0) is 16.1. The summed E-state index contributed by atoms with van der Waals surface area (Å²) in [6.07, 6.45) is 0.781. The SMILES string of the molecule is COCC(N)C(=O)Nc1nc(C)c(Cc2cccc(Br)c2)s1.Cl. The quantitative estimate of drug-likeness (QED) is 0.752. The van der Waals surface area contributed by atoms with Crippen LogP contribution in [0.3, 0.4) is 0 Å². The smallest absolute Gasteiger partial charge is 0.245 e. The van der Waals surface area contributed by atoms with E-state index in [1.165, 1.54) is 24.0 Å². The van der Waals surface area contributed by atoms with Crippen LogP contribution in [-0.4, -0.2) is 30.6 Å². The monoisotopic (exact) mass is 419 g/mol. The molecule has 8 heteroatoms. The van der Waals surface area contributed by atoms with Gasteiger partial charge in [-0.3, -0.25) is 4.79 Å². The summed E-state index contributed by atoms with van der Waals surface area (Å²) in [5, 5.41) is 3.31. The van der Waals surface area contributed by atoms with Crippen molar-refractivity contribution >= 4 is 50.7 Å². The normalized spacial score (nSPS) is 11.7. The van der Waals surface area contributed by atoms with Crippen LogP contribution in [0.4, 0.5) is 5.13 Å². The van der Waals surface area contributed by atoms with Gasteiger partial charge in [0, 0.05) is 22.9 Å². The molecule has 1 unspecified atom stereocenters. The van der Waals surface area contributed by atoms with Crippen LogP contribution in [0.2, 0.25) is 0 Å². The maximum atomic E-state index is 11.9. The average molecular weight is 421 g/mol. The zero-order valence-electron chi connectivity index (χ0n) is 12.8. The fourth-order valence-electron chi connectivity index (χ4n) is 1.93. The second kappa shape index (κ2) is 9.34. The predicted octanol–water partition coefficient (Wildman–Crippen LogP) is 3.14. The minimum atomic E-state index is -0.692. The molecule has 0 aliphatic carbocycles. The molecule has 0 aliphatic rings. The van der Waals surface area contributed by atoms with Gasteiger partial charge in [-0.1, -0.05) is 28.1 Å². The number of ether oxygens (including phenoxy) is 1. The lowest BCUT2D eigenvalue weighted by atomic mass is 10.1. The molecule has 1 atom stereocenters. The summed E-state index contributed by atoms with van der Waals surface area (Å²) < 4.78 is 5.92. The van der Waals surface area contributed by atoms with Crippen molar-refractivity contribution in [3.63, 3.8) is 0 Å². The van der Waals surface area contributed by atoms with E-state index in [1.807, 2.05) is 19.1 Å². The van der Waals surface area contributed by atoms with E-state index in [9.17, 15) is 4.79 Å². The van der Waals surface area contributed by atoms with Gasteiger partial charge >= 0.3 is 0 Å². The van der Waals surface area contributed by atoms with Gasteiger partial charge in [-0.05, 0) is 24.6 Å². The number of hydrogen-bond donors (Lipinski definition) is 2. The first kappa shape index (κ1) is 20.1. The fraction of sp³-hybridized carbons (Fsp3) is 0.333. The number of hydrogen-bond acceptors (Lipinski definition) is 5. The second-order valence-electron chi connectivity index (χ2n) is 4.89. The molecule has 1 amide bonds. The van der Waals surface area contributed by atoms with Gasteiger partial charge < -0.3 is 15.8 Å². The Labute approximate surface area is 154 Å². The maximum absolute atomic E-state index is 11.9. The highest BCUT2D eigenvalue weighted by molar-refractivity contribution is 9.10. The summed E-state index contributed by atoms with van der Waals surface area (Å²) in [4.78, 5) is 17.4. The Morgan fingerprint density at radius 1 is 1.52 bits per heavy atom. The zero-order valence-corrected chi connectivity index (χ0v) is 16.1. The van der Waals surface area contributed by atoms with Crippen LogP contribution in [0, 0.1) is 6.92 Å². The molecule has 2 aromatic rings. The Kier molecular flexibility index (Phi) is 8.15. The number of amides is 1. The fourth-order valence-corrected chi connectivity index (χ4v) is 3.38. The molecular formula is C15H19BrClN3O2S. The van der Waals surface area contributed by atoms with Gasteiger partial charge in [-0.2, -0.15) is 0 Å². The van der Waals surface area contributed by atoms with Crippen LogP contribution in [0.5, 0.6) is 0 Å². The number of benzene rings is 1. The molecule has 126 valence electrons. The molecule has 0 fully saturated rings. The van der Waals surface area contributed by atoms with Crippen LogP contribution in [0.15, 0.2) is 28.7 Å². The minimum absolute atomic E-state index is 0. The van der Waals surface area contributed by atoms with Gasteiger partial charge in [0.2, 0.25) is 5.91 Å². The number of rotatable bonds is 6. The number of anilines is 1. The van der Waals surface area contributed by atoms with Crippen molar-refractivity contribution in [3.05, 3.63) is 44.9 Å². The van der Waals surface area contributed by atoms with E-state index >= 15 is 0 Å². The second-order valence-corrected chi connectivity index (χ2v) is 6.88. The third-order valence-corrected chi connectivity index (χ3v) is 4.63. The van der Waals surface area contributed by atoms with Crippen molar-refractivity contribution in [1.82, 2.24) is 4.98 Å². The number of carbonyl (C=O) groups is 1.